The maximum Gasteiger partial charge on any atom is 0.244 e. The Morgan fingerprint density at radius 3 is 2.58 bits per heavy atom. The molecule has 1 atom stereocenters. The predicted octanol–water partition coefficient (Wildman–Crippen LogP) is 4.98. The van der Waals surface area contributed by atoms with Gasteiger partial charge in [-0.3, -0.25) is 0 Å². The number of halogens is 2. The zero-order valence-electron chi connectivity index (χ0n) is 12.9. The van der Waals surface area contributed by atoms with Crippen LogP contribution >= 0.6 is 34.5 Å². The van der Waals surface area contributed by atoms with Crippen molar-refractivity contribution in [2.24, 2.45) is 0 Å². The van der Waals surface area contributed by atoms with Gasteiger partial charge in [-0.05, 0) is 37.3 Å². The number of rotatable bonds is 4. The fourth-order valence-electron chi connectivity index (χ4n) is 2.26. The summed E-state index contributed by atoms with van der Waals surface area (Å²) in [5.41, 5.74) is 0.857. The Hall–Kier alpha value is -1.18. The van der Waals surface area contributed by atoms with Crippen molar-refractivity contribution in [1.82, 2.24) is 9.29 Å². The average Bonchev–Trinajstić information content (AvgIpc) is 2.99. The largest absolute Gasteiger partial charge is 0.244 e. The summed E-state index contributed by atoms with van der Waals surface area (Å²) in [5, 5.41) is 1.18. The highest BCUT2D eigenvalue weighted by atomic mass is 35.5. The van der Waals surface area contributed by atoms with Gasteiger partial charge in [-0.2, -0.15) is 4.31 Å². The van der Waals surface area contributed by atoms with Gasteiger partial charge in [-0.25, -0.2) is 13.4 Å². The van der Waals surface area contributed by atoms with Crippen molar-refractivity contribution in [3.8, 4) is 0 Å². The Balaban J connectivity index is 2.00. The molecule has 0 saturated heterocycles. The molecule has 3 rings (SSSR count). The molecular formula is C16H14Cl2N2O2S2. The summed E-state index contributed by atoms with van der Waals surface area (Å²) in [6, 6.07) is 11.7. The summed E-state index contributed by atoms with van der Waals surface area (Å²) in [6.07, 6.45) is 0. The molecule has 0 aliphatic heterocycles. The Morgan fingerprint density at radius 2 is 1.88 bits per heavy atom. The van der Waals surface area contributed by atoms with Gasteiger partial charge in [-0.15, -0.1) is 11.3 Å². The van der Waals surface area contributed by atoms with Crippen LogP contribution in [0.3, 0.4) is 0 Å². The third-order valence-corrected chi connectivity index (χ3v) is 7.61. The van der Waals surface area contributed by atoms with E-state index in [1.165, 1.54) is 34.8 Å². The molecule has 0 amide bonds. The molecular weight excluding hydrogens is 387 g/mol. The second-order valence-corrected chi connectivity index (χ2v) is 9.16. The van der Waals surface area contributed by atoms with Gasteiger partial charge < -0.3 is 0 Å². The molecule has 4 nitrogen and oxygen atoms in total. The van der Waals surface area contributed by atoms with E-state index in [1.807, 2.05) is 24.3 Å². The number of aromatic nitrogens is 1. The number of hydrogen-bond donors (Lipinski definition) is 0. The van der Waals surface area contributed by atoms with Crippen molar-refractivity contribution in [2.75, 3.05) is 7.05 Å². The van der Waals surface area contributed by atoms with E-state index in [4.69, 9.17) is 23.2 Å². The van der Waals surface area contributed by atoms with E-state index in [2.05, 4.69) is 4.98 Å². The molecule has 0 spiro atoms. The fourth-order valence-corrected chi connectivity index (χ4v) is 5.46. The van der Waals surface area contributed by atoms with Crippen LogP contribution < -0.4 is 0 Å². The van der Waals surface area contributed by atoms with Crippen LogP contribution in [0.25, 0.3) is 10.2 Å². The van der Waals surface area contributed by atoms with E-state index in [-0.39, 0.29) is 9.92 Å². The van der Waals surface area contributed by atoms with E-state index < -0.39 is 16.1 Å². The van der Waals surface area contributed by atoms with Gasteiger partial charge in [-0.1, -0.05) is 35.3 Å². The van der Waals surface area contributed by atoms with Crippen LogP contribution in [0, 0.1) is 0 Å². The van der Waals surface area contributed by atoms with Crippen LogP contribution in [0.15, 0.2) is 47.4 Å². The Kier molecular flexibility index (Phi) is 4.86. The SMILES string of the molecule is C[C@@H](c1nc2ccccc2s1)N(C)S(=O)(=O)c1cc(Cl)ccc1Cl. The van der Waals surface area contributed by atoms with Gasteiger partial charge in [0, 0.05) is 12.1 Å². The summed E-state index contributed by atoms with van der Waals surface area (Å²) in [5.74, 6) is 0. The monoisotopic (exact) mass is 400 g/mol. The summed E-state index contributed by atoms with van der Waals surface area (Å²) in [7, 11) is -2.28. The van der Waals surface area contributed by atoms with Gasteiger partial charge >= 0.3 is 0 Å². The number of benzene rings is 2. The first-order valence-corrected chi connectivity index (χ1v) is 10.1. The molecule has 3 aromatic rings. The first kappa shape index (κ1) is 17.6. The van der Waals surface area contributed by atoms with E-state index in [0.717, 1.165) is 15.2 Å². The van der Waals surface area contributed by atoms with Crippen LogP contribution in [0.5, 0.6) is 0 Å². The molecule has 2 aromatic carbocycles. The first-order chi connectivity index (χ1) is 11.3. The molecule has 0 aliphatic carbocycles. The quantitative estimate of drug-likeness (QED) is 0.619. The summed E-state index contributed by atoms with van der Waals surface area (Å²) in [6.45, 7) is 1.80. The standard InChI is InChI=1S/C16H14Cl2N2O2S2/c1-10(16-19-13-5-3-4-6-14(13)23-16)20(2)24(21,22)15-9-11(17)7-8-12(15)18/h3-10H,1-2H3/t10-/m0/s1. The van der Waals surface area contributed by atoms with Crippen molar-refractivity contribution in [3.63, 3.8) is 0 Å². The van der Waals surface area contributed by atoms with Crippen molar-refractivity contribution in [2.45, 2.75) is 17.9 Å². The highest BCUT2D eigenvalue weighted by Gasteiger charge is 2.30. The minimum atomic E-state index is -3.79. The highest BCUT2D eigenvalue weighted by Crippen LogP contribution is 2.34. The number of para-hydroxylation sites is 1. The first-order valence-electron chi connectivity index (χ1n) is 7.09. The zero-order valence-corrected chi connectivity index (χ0v) is 16.0. The van der Waals surface area contributed by atoms with Gasteiger partial charge in [0.2, 0.25) is 10.0 Å². The summed E-state index contributed by atoms with van der Waals surface area (Å²) < 4.78 is 28.1. The average molecular weight is 401 g/mol. The highest BCUT2D eigenvalue weighted by molar-refractivity contribution is 7.89. The molecule has 0 aliphatic rings. The molecule has 126 valence electrons. The molecule has 0 fully saturated rings. The minimum Gasteiger partial charge on any atom is -0.239 e. The van der Waals surface area contributed by atoms with Crippen LogP contribution in [0.4, 0.5) is 0 Å². The Bertz CT molecular complexity index is 969. The maximum atomic E-state index is 12.9. The number of thiazole rings is 1. The smallest absolute Gasteiger partial charge is 0.239 e. The predicted molar refractivity (Wildman–Crippen MR) is 99.4 cm³/mol. The lowest BCUT2D eigenvalue weighted by molar-refractivity contribution is 0.398. The maximum absolute atomic E-state index is 12.9. The lowest BCUT2D eigenvalue weighted by Crippen LogP contribution is -2.30. The molecule has 0 bridgehead atoms. The molecule has 0 N–H and O–H groups in total. The Labute approximate surface area is 154 Å². The van der Waals surface area contributed by atoms with E-state index in [9.17, 15) is 8.42 Å². The Morgan fingerprint density at radius 1 is 1.17 bits per heavy atom. The van der Waals surface area contributed by atoms with Crippen molar-refractivity contribution in [1.29, 1.82) is 0 Å². The molecule has 0 radical (unpaired) electrons. The van der Waals surface area contributed by atoms with Crippen LogP contribution in [-0.4, -0.2) is 24.8 Å². The number of nitrogens with zero attached hydrogens (tertiary/aromatic N) is 2. The third-order valence-electron chi connectivity index (χ3n) is 3.76. The van der Waals surface area contributed by atoms with Gasteiger partial charge in [0.05, 0.1) is 21.3 Å². The second kappa shape index (κ2) is 6.61. The van der Waals surface area contributed by atoms with Gasteiger partial charge in [0.25, 0.3) is 0 Å². The number of fused-ring (bicyclic) bond motifs is 1. The normalized spacial score (nSPS) is 13.5. The lowest BCUT2D eigenvalue weighted by atomic mass is 10.3. The fraction of sp³-hybridized carbons (Fsp3) is 0.188. The molecule has 0 saturated carbocycles. The molecule has 8 heteroatoms. The molecule has 24 heavy (non-hydrogen) atoms. The lowest BCUT2D eigenvalue weighted by Gasteiger charge is -2.23. The molecule has 1 aromatic heterocycles. The summed E-state index contributed by atoms with van der Waals surface area (Å²) >= 11 is 13.5. The topological polar surface area (TPSA) is 50.3 Å². The van der Waals surface area contributed by atoms with Gasteiger partial charge in [0.1, 0.15) is 9.90 Å². The summed E-state index contributed by atoms with van der Waals surface area (Å²) in [4.78, 5) is 4.53. The molecule has 1 heterocycles. The van der Waals surface area contributed by atoms with Crippen molar-refractivity contribution in [3.05, 3.63) is 57.5 Å². The zero-order chi connectivity index (χ0) is 17.5. The second-order valence-electron chi connectivity index (χ2n) is 5.29. The third kappa shape index (κ3) is 3.17. The van der Waals surface area contributed by atoms with E-state index in [0.29, 0.717) is 5.02 Å². The number of sulfonamides is 1. The van der Waals surface area contributed by atoms with Crippen LogP contribution in [-0.2, 0) is 10.0 Å². The van der Waals surface area contributed by atoms with E-state index >= 15 is 0 Å². The minimum absolute atomic E-state index is 0.00729. The van der Waals surface area contributed by atoms with Crippen molar-refractivity contribution >= 4 is 54.8 Å². The van der Waals surface area contributed by atoms with Crippen LogP contribution in [0.2, 0.25) is 10.0 Å². The number of hydrogen-bond acceptors (Lipinski definition) is 4. The molecule has 0 unspecified atom stereocenters. The van der Waals surface area contributed by atoms with Crippen LogP contribution in [0.1, 0.15) is 18.0 Å². The van der Waals surface area contributed by atoms with Crippen molar-refractivity contribution < 1.29 is 8.42 Å². The van der Waals surface area contributed by atoms with E-state index in [1.54, 1.807) is 13.0 Å². The van der Waals surface area contributed by atoms with Gasteiger partial charge in [0.15, 0.2) is 0 Å².